The van der Waals surface area contributed by atoms with Crippen molar-refractivity contribution in [3.8, 4) is 0 Å². The first kappa shape index (κ1) is 15.3. The van der Waals surface area contributed by atoms with Crippen LogP contribution in [0.5, 0.6) is 0 Å². The minimum atomic E-state index is -0.226. The van der Waals surface area contributed by atoms with Crippen molar-refractivity contribution >= 4 is 5.91 Å². The van der Waals surface area contributed by atoms with E-state index in [-0.39, 0.29) is 18.6 Å². The molecule has 0 radical (unpaired) electrons. The third-order valence-electron chi connectivity index (χ3n) is 3.35. The average Bonchev–Trinajstić information content (AvgIpc) is 2.50. The first-order chi connectivity index (χ1) is 10.1. The Morgan fingerprint density at radius 1 is 1.00 bits per heavy atom. The first-order valence-electron chi connectivity index (χ1n) is 7.01. The molecule has 1 atom stereocenters. The fourth-order valence-corrected chi connectivity index (χ4v) is 2.04. The van der Waals surface area contributed by atoms with Crippen molar-refractivity contribution in [1.82, 2.24) is 4.90 Å². The molecule has 2 rings (SSSR count). The van der Waals surface area contributed by atoms with Gasteiger partial charge in [0, 0.05) is 14.1 Å². The maximum atomic E-state index is 11.8. The van der Waals surface area contributed by atoms with Gasteiger partial charge in [0.2, 0.25) is 5.91 Å². The van der Waals surface area contributed by atoms with Crippen molar-refractivity contribution in [3.05, 3.63) is 71.3 Å². The van der Waals surface area contributed by atoms with E-state index in [0.29, 0.717) is 0 Å². The van der Waals surface area contributed by atoms with Crippen molar-refractivity contribution in [2.75, 3.05) is 20.7 Å². The summed E-state index contributed by atoms with van der Waals surface area (Å²) in [5.74, 6) is -0.0388. The molecule has 0 aromatic heterocycles. The number of hydrogen-bond acceptors (Lipinski definition) is 2. The van der Waals surface area contributed by atoms with E-state index in [4.69, 9.17) is 4.74 Å². The Hall–Kier alpha value is -2.13. The van der Waals surface area contributed by atoms with E-state index in [1.54, 1.807) is 14.1 Å². The van der Waals surface area contributed by atoms with Gasteiger partial charge in [-0.25, -0.2) is 0 Å². The molecule has 1 amide bonds. The number of benzene rings is 2. The van der Waals surface area contributed by atoms with E-state index in [0.717, 1.165) is 11.1 Å². The van der Waals surface area contributed by atoms with Gasteiger partial charge < -0.3 is 9.64 Å². The van der Waals surface area contributed by atoms with Crippen LogP contribution in [0.15, 0.2) is 54.6 Å². The van der Waals surface area contributed by atoms with Crippen LogP contribution in [0, 0.1) is 6.92 Å². The Morgan fingerprint density at radius 3 is 2.14 bits per heavy atom. The number of nitrogens with zero attached hydrogens (tertiary/aromatic N) is 1. The zero-order chi connectivity index (χ0) is 15.2. The van der Waals surface area contributed by atoms with Gasteiger partial charge in [-0.1, -0.05) is 60.2 Å². The summed E-state index contributed by atoms with van der Waals surface area (Å²) in [7, 11) is 3.46. The van der Waals surface area contributed by atoms with E-state index >= 15 is 0 Å². The maximum absolute atomic E-state index is 11.8. The van der Waals surface area contributed by atoms with Gasteiger partial charge in [-0.2, -0.15) is 0 Å². The molecule has 21 heavy (non-hydrogen) atoms. The van der Waals surface area contributed by atoms with Crippen molar-refractivity contribution in [2.24, 2.45) is 0 Å². The van der Waals surface area contributed by atoms with Gasteiger partial charge in [-0.05, 0) is 18.1 Å². The second kappa shape index (κ2) is 7.04. The molecule has 0 fully saturated rings. The number of aryl methyl sites for hydroxylation is 1. The van der Waals surface area contributed by atoms with Crippen LogP contribution in [0.3, 0.4) is 0 Å². The minimum absolute atomic E-state index is 0.0388. The zero-order valence-corrected chi connectivity index (χ0v) is 12.7. The predicted octanol–water partition coefficient (Wildman–Crippen LogP) is 3.19. The highest BCUT2D eigenvalue weighted by molar-refractivity contribution is 5.76. The topological polar surface area (TPSA) is 29.5 Å². The normalized spacial score (nSPS) is 12.0. The van der Waals surface area contributed by atoms with Crippen LogP contribution in [0.2, 0.25) is 0 Å². The maximum Gasteiger partial charge on any atom is 0.248 e. The van der Waals surface area contributed by atoms with Crippen LogP contribution < -0.4 is 0 Å². The van der Waals surface area contributed by atoms with Crippen LogP contribution in [0.25, 0.3) is 0 Å². The monoisotopic (exact) mass is 283 g/mol. The van der Waals surface area contributed by atoms with Crippen molar-refractivity contribution in [1.29, 1.82) is 0 Å². The summed E-state index contributed by atoms with van der Waals surface area (Å²) in [6.07, 6.45) is -0.226. The van der Waals surface area contributed by atoms with E-state index in [2.05, 4.69) is 19.1 Å². The molecule has 2 aromatic carbocycles. The number of carbonyl (C=O) groups excluding carboxylic acids is 1. The molecule has 0 heterocycles. The Labute approximate surface area is 126 Å². The number of likely N-dealkylation sites (N-methyl/N-ethyl adjacent to an activating group) is 1. The third kappa shape index (κ3) is 4.17. The highest BCUT2D eigenvalue weighted by atomic mass is 16.5. The van der Waals surface area contributed by atoms with Crippen LogP contribution in [-0.4, -0.2) is 31.5 Å². The average molecular weight is 283 g/mol. The molecule has 110 valence electrons. The minimum Gasteiger partial charge on any atom is -0.359 e. The second-order valence-corrected chi connectivity index (χ2v) is 5.30. The van der Waals surface area contributed by atoms with Crippen molar-refractivity contribution < 1.29 is 9.53 Å². The summed E-state index contributed by atoms with van der Waals surface area (Å²) in [6.45, 7) is 2.12. The van der Waals surface area contributed by atoms with Gasteiger partial charge in [0.1, 0.15) is 12.7 Å². The van der Waals surface area contributed by atoms with Crippen LogP contribution >= 0.6 is 0 Å². The molecule has 0 bridgehead atoms. The number of amides is 1. The largest absolute Gasteiger partial charge is 0.359 e. The summed E-state index contributed by atoms with van der Waals surface area (Å²) < 4.78 is 5.89. The Balaban J connectivity index is 2.23. The molecule has 3 nitrogen and oxygen atoms in total. The molecule has 0 spiro atoms. The number of hydrogen-bond donors (Lipinski definition) is 0. The van der Waals surface area contributed by atoms with Gasteiger partial charge >= 0.3 is 0 Å². The van der Waals surface area contributed by atoms with Crippen LogP contribution in [0.4, 0.5) is 0 Å². The Kier molecular flexibility index (Phi) is 5.12. The summed E-state index contributed by atoms with van der Waals surface area (Å²) >= 11 is 0. The van der Waals surface area contributed by atoms with Crippen molar-refractivity contribution in [3.63, 3.8) is 0 Å². The highest BCUT2D eigenvalue weighted by Gasteiger charge is 2.16. The van der Waals surface area contributed by atoms with E-state index in [1.807, 2.05) is 42.5 Å². The fourth-order valence-electron chi connectivity index (χ4n) is 2.04. The Bertz CT molecular complexity index is 576. The van der Waals surface area contributed by atoms with E-state index in [1.165, 1.54) is 10.5 Å². The summed E-state index contributed by atoms with van der Waals surface area (Å²) in [5.41, 5.74) is 3.31. The first-order valence-corrected chi connectivity index (χ1v) is 7.01. The lowest BCUT2D eigenvalue weighted by atomic mass is 10.0. The summed E-state index contributed by atoms with van der Waals surface area (Å²) in [5, 5.41) is 0. The summed E-state index contributed by atoms with van der Waals surface area (Å²) in [4.78, 5) is 13.3. The number of rotatable bonds is 5. The molecule has 0 aliphatic heterocycles. The zero-order valence-electron chi connectivity index (χ0n) is 12.7. The lowest BCUT2D eigenvalue weighted by Crippen LogP contribution is -2.27. The Morgan fingerprint density at radius 2 is 1.57 bits per heavy atom. The molecule has 1 unspecified atom stereocenters. The highest BCUT2D eigenvalue weighted by Crippen LogP contribution is 2.26. The SMILES string of the molecule is Cc1ccc(C(OCC(=O)N(C)C)c2ccccc2)cc1. The lowest BCUT2D eigenvalue weighted by molar-refractivity contribution is -0.134. The van der Waals surface area contributed by atoms with Gasteiger partial charge in [0.05, 0.1) is 0 Å². The molecule has 0 saturated heterocycles. The number of ether oxygens (including phenoxy) is 1. The molecule has 2 aromatic rings. The fraction of sp³-hybridized carbons (Fsp3) is 0.278. The van der Waals surface area contributed by atoms with Crippen molar-refractivity contribution in [2.45, 2.75) is 13.0 Å². The van der Waals surface area contributed by atoms with Gasteiger partial charge in [0.15, 0.2) is 0 Å². The van der Waals surface area contributed by atoms with Crippen LogP contribution in [0.1, 0.15) is 22.8 Å². The van der Waals surface area contributed by atoms with Gasteiger partial charge in [-0.15, -0.1) is 0 Å². The van der Waals surface area contributed by atoms with Crippen LogP contribution in [-0.2, 0) is 9.53 Å². The molecule has 0 aliphatic carbocycles. The van der Waals surface area contributed by atoms with Gasteiger partial charge in [-0.3, -0.25) is 4.79 Å². The van der Waals surface area contributed by atoms with Gasteiger partial charge in [0.25, 0.3) is 0 Å². The molecule has 0 saturated carbocycles. The lowest BCUT2D eigenvalue weighted by Gasteiger charge is -2.20. The molecular weight excluding hydrogens is 262 g/mol. The molecule has 3 heteroatoms. The molecule has 0 aliphatic rings. The number of carbonyl (C=O) groups is 1. The van der Waals surface area contributed by atoms with E-state index < -0.39 is 0 Å². The second-order valence-electron chi connectivity index (χ2n) is 5.30. The summed E-state index contributed by atoms with van der Waals surface area (Å²) in [6, 6.07) is 18.2. The smallest absolute Gasteiger partial charge is 0.248 e. The van der Waals surface area contributed by atoms with E-state index in [9.17, 15) is 4.79 Å². The third-order valence-corrected chi connectivity index (χ3v) is 3.35. The molecule has 0 N–H and O–H groups in total. The predicted molar refractivity (Wildman–Crippen MR) is 84.1 cm³/mol. The quantitative estimate of drug-likeness (QED) is 0.843. The molecular formula is C18H21NO2. The standard InChI is InChI=1S/C18H21NO2/c1-14-9-11-16(12-10-14)18(15-7-5-4-6-8-15)21-13-17(20)19(2)3/h4-12,18H,13H2,1-3H3.